The van der Waals surface area contributed by atoms with E-state index in [9.17, 15) is 24.0 Å². The van der Waals surface area contributed by atoms with Gasteiger partial charge in [0.05, 0.1) is 41.0 Å². The number of aromatic nitrogens is 4. The molecule has 0 fully saturated rings. The van der Waals surface area contributed by atoms with E-state index >= 15 is 0 Å². The molecule has 4 aromatic rings. The van der Waals surface area contributed by atoms with Crippen LogP contribution in [0.2, 0.25) is 10.0 Å². The zero-order valence-corrected chi connectivity index (χ0v) is 20.9. The van der Waals surface area contributed by atoms with Gasteiger partial charge in [-0.1, -0.05) is 29.3 Å². The smallest absolute Gasteiger partial charge is 0.355 e. The number of rotatable bonds is 6. The lowest BCUT2D eigenvalue weighted by molar-refractivity contribution is 0.357. The number of halogens is 3. The minimum Gasteiger partial charge on any atom is -0.493 e. The van der Waals surface area contributed by atoms with Crippen LogP contribution in [0, 0.1) is 17.1 Å². The van der Waals surface area contributed by atoms with E-state index in [0.29, 0.717) is 30.0 Å². The normalized spacial score (nSPS) is 12.1. The number of aromatic amines is 1. The number of benzene rings is 2. The van der Waals surface area contributed by atoms with E-state index in [4.69, 9.17) is 27.9 Å². The summed E-state index contributed by atoms with van der Waals surface area (Å²) in [5.74, 6) is -0.208. The molecule has 2 N–H and O–H groups in total. The first kappa shape index (κ1) is 25.3. The second-order valence-corrected chi connectivity index (χ2v) is 9.28. The van der Waals surface area contributed by atoms with Crippen molar-refractivity contribution in [3.8, 4) is 11.8 Å². The van der Waals surface area contributed by atoms with E-state index < -0.39 is 29.3 Å². The number of hydrogen-bond acceptors (Lipinski definition) is 7. The van der Waals surface area contributed by atoms with Crippen molar-refractivity contribution in [3.63, 3.8) is 0 Å². The number of hydrogen-bond donors (Lipinski definition) is 2. The summed E-state index contributed by atoms with van der Waals surface area (Å²) in [4.78, 5) is 45.3. The summed E-state index contributed by atoms with van der Waals surface area (Å²) in [6.45, 7) is -0.0752. The second-order valence-electron chi connectivity index (χ2n) is 8.43. The van der Waals surface area contributed by atoms with Gasteiger partial charge in [-0.15, -0.1) is 0 Å². The fraction of sp³-hybridized carbons (Fsp3) is 0.160. The molecule has 1 aliphatic rings. The molecule has 0 saturated carbocycles. The number of ether oxygens (including phenoxy) is 1. The SMILES string of the molecule is N#Cc1cc(Cn2c(Nc3cc4c(cc3Cl)OCC4)nc(=O)n(Cc3cc(Cl)c[nH]c3=O)c2=O)ccc1F. The summed E-state index contributed by atoms with van der Waals surface area (Å²) in [6, 6.07) is 10.3. The number of fused-ring (bicyclic) bond motifs is 1. The molecule has 2 aromatic heterocycles. The van der Waals surface area contributed by atoms with Crippen LogP contribution in [0.5, 0.6) is 5.75 Å². The minimum atomic E-state index is -0.925. The Bertz CT molecular complexity index is 1810. The number of nitriles is 1. The topological polar surface area (TPSA) is 135 Å². The highest BCUT2D eigenvalue weighted by Gasteiger charge is 2.20. The predicted molar refractivity (Wildman–Crippen MR) is 138 cm³/mol. The molecular weight excluding hydrogens is 538 g/mol. The second kappa shape index (κ2) is 10.2. The van der Waals surface area contributed by atoms with Crippen LogP contribution >= 0.6 is 23.2 Å². The van der Waals surface area contributed by atoms with Crippen molar-refractivity contribution < 1.29 is 9.13 Å². The molecule has 38 heavy (non-hydrogen) atoms. The van der Waals surface area contributed by atoms with Crippen molar-refractivity contribution in [1.82, 2.24) is 19.1 Å². The lowest BCUT2D eigenvalue weighted by atomic mass is 10.1. The van der Waals surface area contributed by atoms with Gasteiger partial charge in [0.15, 0.2) is 0 Å². The first-order valence-corrected chi connectivity index (χ1v) is 12.0. The van der Waals surface area contributed by atoms with Crippen molar-refractivity contribution in [2.24, 2.45) is 0 Å². The molecule has 3 heterocycles. The monoisotopic (exact) mass is 554 g/mol. The Balaban J connectivity index is 1.63. The van der Waals surface area contributed by atoms with E-state index in [1.807, 2.05) is 0 Å². The lowest BCUT2D eigenvalue weighted by Crippen LogP contribution is -2.43. The predicted octanol–water partition coefficient (Wildman–Crippen LogP) is 3.19. The quantitative estimate of drug-likeness (QED) is 0.373. The standard InChI is InChI=1S/C25H17Cl2FN6O4/c26-17-6-16(22(35)30-10-17)12-34-24(36)32-23(31-20-7-14-3-4-38-21(14)8-18(20)27)33(25(34)37)11-13-1-2-19(28)15(5-13)9-29/h1-2,5-8,10H,3-4,11-12H2,(H,30,35)(H,31,32,36). The highest BCUT2D eigenvalue weighted by Crippen LogP contribution is 2.35. The van der Waals surface area contributed by atoms with Gasteiger partial charge in [-0.2, -0.15) is 10.2 Å². The average molecular weight is 555 g/mol. The Morgan fingerprint density at radius 2 is 1.95 bits per heavy atom. The van der Waals surface area contributed by atoms with E-state index in [-0.39, 0.29) is 33.7 Å². The molecule has 2 aromatic carbocycles. The lowest BCUT2D eigenvalue weighted by Gasteiger charge is -2.17. The Labute approximate surface area is 223 Å². The van der Waals surface area contributed by atoms with E-state index in [1.165, 1.54) is 24.4 Å². The van der Waals surface area contributed by atoms with Crippen LogP contribution in [0.1, 0.15) is 22.3 Å². The zero-order chi connectivity index (χ0) is 27.0. The van der Waals surface area contributed by atoms with Gasteiger partial charge in [-0.3, -0.25) is 9.36 Å². The minimum absolute atomic E-state index is 0.0703. The van der Waals surface area contributed by atoms with E-state index in [0.717, 1.165) is 20.8 Å². The van der Waals surface area contributed by atoms with Crippen LogP contribution in [0.4, 0.5) is 16.0 Å². The van der Waals surface area contributed by atoms with Gasteiger partial charge < -0.3 is 15.0 Å². The summed E-state index contributed by atoms with van der Waals surface area (Å²) in [5.41, 5.74) is -0.735. The van der Waals surface area contributed by atoms with Crippen molar-refractivity contribution >= 4 is 34.8 Å². The maximum Gasteiger partial charge on any atom is 0.355 e. The van der Waals surface area contributed by atoms with Gasteiger partial charge in [-0.25, -0.2) is 18.5 Å². The van der Waals surface area contributed by atoms with Crippen LogP contribution < -0.4 is 27.0 Å². The number of pyridine rings is 1. The Morgan fingerprint density at radius 1 is 1.13 bits per heavy atom. The molecule has 0 atom stereocenters. The number of nitrogens with zero attached hydrogens (tertiary/aromatic N) is 4. The Hall–Kier alpha value is -4.40. The fourth-order valence-corrected chi connectivity index (χ4v) is 4.43. The molecule has 0 amide bonds. The maximum atomic E-state index is 13.9. The molecule has 0 spiro atoms. The van der Waals surface area contributed by atoms with Crippen LogP contribution in [0.25, 0.3) is 0 Å². The van der Waals surface area contributed by atoms with Crippen LogP contribution in [0.15, 0.2) is 57.0 Å². The molecule has 5 rings (SSSR count). The van der Waals surface area contributed by atoms with Crippen molar-refractivity contribution in [1.29, 1.82) is 5.26 Å². The third kappa shape index (κ3) is 4.91. The third-order valence-electron chi connectivity index (χ3n) is 5.94. The Kier molecular flexibility index (Phi) is 6.75. The molecule has 13 heteroatoms. The molecule has 10 nitrogen and oxygen atoms in total. The van der Waals surface area contributed by atoms with Gasteiger partial charge in [0.25, 0.3) is 5.56 Å². The number of H-pyrrole nitrogens is 1. The van der Waals surface area contributed by atoms with Crippen molar-refractivity contribution in [3.05, 3.63) is 112 Å². The summed E-state index contributed by atoms with van der Waals surface area (Å²) in [7, 11) is 0. The van der Waals surface area contributed by atoms with Crippen molar-refractivity contribution in [2.75, 3.05) is 11.9 Å². The summed E-state index contributed by atoms with van der Waals surface area (Å²) in [6.07, 6.45) is 1.94. The van der Waals surface area contributed by atoms with Crippen LogP contribution in [0.3, 0.4) is 0 Å². The fourth-order valence-electron chi connectivity index (χ4n) is 4.05. The van der Waals surface area contributed by atoms with Crippen molar-refractivity contribution in [2.45, 2.75) is 19.5 Å². The van der Waals surface area contributed by atoms with Crippen LogP contribution in [-0.2, 0) is 19.5 Å². The molecule has 0 aliphatic carbocycles. The maximum absolute atomic E-state index is 13.9. The van der Waals surface area contributed by atoms with Gasteiger partial charge in [0.2, 0.25) is 5.95 Å². The average Bonchev–Trinajstić information content (AvgIpc) is 3.34. The molecular formula is C25H17Cl2FN6O4. The number of anilines is 2. The van der Waals surface area contributed by atoms with Gasteiger partial charge in [0, 0.05) is 24.2 Å². The van der Waals surface area contributed by atoms with E-state index in [1.54, 1.807) is 18.2 Å². The first-order chi connectivity index (χ1) is 18.2. The molecule has 0 bridgehead atoms. The molecule has 1 aliphatic heterocycles. The highest BCUT2D eigenvalue weighted by atomic mass is 35.5. The summed E-state index contributed by atoms with van der Waals surface area (Å²) < 4.78 is 21.3. The molecule has 0 saturated heterocycles. The van der Waals surface area contributed by atoms with Crippen LogP contribution in [-0.4, -0.2) is 25.7 Å². The van der Waals surface area contributed by atoms with Gasteiger partial charge in [-0.05, 0) is 35.4 Å². The summed E-state index contributed by atoms with van der Waals surface area (Å²) >= 11 is 12.4. The summed E-state index contributed by atoms with van der Waals surface area (Å²) in [5, 5.41) is 12.6. The highest BCUT2D eigenvalue weighted by molar-refractivity contribution is 6.33. The zero-order valence-electron chi connectivity index (χ0n) is 19.4. The third-order valence-corrected chi connectivity index (χ3v) is 6.47. The molecule has 0 unspecified atom stereocenters. The van der Waals surface area contributed by atoms with Gasteiger partial charge in [0.1, 0.15) is 17.6 Å². The Morgan fingerprint density at radius 3 is 2.74 bits per heavy atom. The first-order valence-electron chi connectivity index (χ1n) is 11.2. The largest absolute Gasteiger partial charge is 0.493 e. The molecule has 192 valence electrons. The number of nitrogens with one attached hydrogen (secondary N) is 2. The molecule has 0 radical (unpaired) electrons. The van der Waals surface area contributed by atoms with Gasteiger partial charge >= 0.3 is 11.4 Å². The van der Waals surface area contributed by atoms with E-state index in [2.05, 4.69) is 15.3 Å².